The van der Waals surface area contributed by atoms with E-state index in [-0.39, 0.29) is 11.9 Å². The normalized spacial score (nSPS) is 15.8. The zero-order valence-electron chi connectivity index (χ0n) is 16.0. The summed E-state index contributed by atoms with van der Waals surface area (Å²) in [7, 11) is 0. The number of nitrogens with one attached hydrogen (secondary N) is 1. The largest absolute Gasteiger partial charge is 0.349 e. The summed E-state index contributed by atoms with van der Waals surface area (Å²) < 4.78 is 2.06. The van der Waals surface area contributed by atoms with Gasteiger partial charge in [0.05, 0.1) is 11.8 Å². The molecule has 0 aliphatic heterocycles. The Labute approximate surface area is 169 Å². The van der Waals surface area contributed by atoms with Gasteiger partial charge in [0.25, 0.3) is 0 Å². The van der Waals surface area contributed by atoms with Gasteiger partial charge >= 0.3 is 0 Å². The summed E-state index contributed by atoms with van der Waals surface area (Å²) in [5.74, 6) is 1.22. The molecule has 1 amide bonds. The molecule has 0 spiro atoms. The van der Waals surface area contributed by atoms with Crippen molar-refractivity contribution in [1.29, 1.82) is 0 Å². The van der Waals surface area contributed by atoms with Gasteiger partial charge in [0.2, 0.25) is 5.91 Å². The van der Waals surface area contributed by atoms with Crippen molar-refractivity contribution >= 4 is 17.7 Å². The Hall–Kier alpha value is -2.60. The molecule has 1 heterocycles. The van der Waals surface area contributed by atoms with Gasteiger partial charge in [0.1, 0.15) is 0 Å². The van der Waals surface area contributed by atoms with Crippen molar-refractivity contribution in [3.05, 3.63) is 65.7 Å². The van der Waals surface area contributed by atoms with Crippen molar-refractivity contribution in [2.45, 2.75) is 43.9 Å². The van der Waals surface area contributed by atoms with E-state index in [1.807, 2.05) is 36.4 Å². The number of carbonyl (C=O) groups excluding carboxylic acids is 1. The lowest BCUT2D eigenvalue weighted by molar-refractivity contribution is -0.119. The molecule has 0 bridgehead atoms. The molecule has 0 saturated heterocycles. The number of hydrogen-bond donors (Lipinski definition) is 1. The molecule has 0 saturated carbocycles. The Kier molecular flexibility index (Phi) is 5.76. The van der Waals surface area contributed by atoms with Crippen LogP contribution in [0.5, 0.6) is 0 Å². The number of carbonyl (C=O) groups is 1. The number of aromatic nitrogens is 3. The third kappa shape index (κ3) is 3.97. The van der Waals surface area contributed by atoms with Crippen molar-refractivity contribution < 1.29 is 4.79 Å². The van der Waals surface area contributed by atoms with Gasteiger partial charge in [-0.05, 0) is 37.3 Å². The van der Waals surface area contributed by atoms with E-state index in [2.05, 4.69) is 45.2 Å². The van der Waals surface area contributed by atoms with Gasteiger partial charge in [-0.15, -0.1) is 10.2 Å². The lowest BCUT2D eigenvalue weighted by Gasteiger charge is -2.26. The van der Waals surface area contributed by atoms with E-state index in [0.717, 1.165) is 42.4 Å². The minimum Gasteiger partial charge on any atom is -0.349 e. The summed E-state index contributed by atoms with van der Waals surface area (Å²) in [6.07, 6.45) is 3.20. The third-order valence-electron chi connectivity index (χ3n) is 5.10. The fraction of sp³-hybridized carbons (Fsp3) is 0.318. The highest BCUT2D eigenvalue weighted by Crippen LogP contribution is 2.30. The molecule has 5 nitrogen and oxygen atoms in total. The zero-order valence-corrected chi connectivity index (χ0v) is 16.8. The fourth-order valence-corrected chi connectivity index (χ4v) is 4.56. The number of benzene rings is 2. The second kappa shape index (κ2) is 8.61. The molecule has 1 aromatic heterocycles. The van der Waals surface area contributed by atoms with Gasteiger partial charge < -0.3 is 9.88 Å². The molecule has 0 fully saturated rings. The number of fused-ring (bicyclic) bond motifs is 1. The first-order valence-electron chi connectivity index (χ1n) is 9.75. The van der Waals surface area contributed by atoms with Crippen molar-refractivity contribution in [3.63, 3.8) is 0 Å². The molecular weight excluding hydrogens is 368 g/mol. The molecule has 28 heavy (non-hydrogen) atoms. The van der Waals surface area contributed by atoms with Gasteiger partial charge in [0, 0.05) is 12.1 Å². The zero-order chi connectivity index (χ0) is 19.3. The molecule has 0 radical (unpaired) electrons. The van der Waals surface area contributed by atoms with Crippen LogP contribution in [-0.2, 0) is 17.8 Å². The molecule has 3 aromatic rings. The molecule has 1 N–H and O–H groups in total. The summed E-state index contributed by atoms with van der Waals surface area (Å²) in [5.41, 5.74) is 3.65. The van der Waals surface area contributed by atoms with E-state index < -0.39 is 0 Å². The van der Waals surface area contributed by atoms with Gasteiger partial charge in [-0.25, -0.2) is 0 Å². The molecule has 1 aliphatic carbocycles. The average molecular weight is 393 g/mol. The highest BCUT2D eigenvalue weighted by atomic mass is 32.2. The molecule has 6 heteroatoms. The summed E-state index contributed by atoms with van der Waals surface area (Å²) in [6, 6.07) is 18.5. The smallest absolute Gasteiger partial charge is 0.230 e. The van der Waals surface area contributed by atoms with Crippen molar-refractivity contribution in [2.24, 2.45) is 0 Å². The summed E-state index contributed by atoms with van der Waals surface area (Å²) >= 11 is 1.44. The van der Waals surface area contributed by atoms with Crippen LogP contribution < -0.4 is 5.32 Å². The SMILES string of the molecule is CCn1c(SCC(=O)N[C@@H]2CCCc3ccccc32)nnc1-c1ccccc1. The van der Waals surface area contributed by atoms with Crippen LogP contribution in [0, 0.1) is 0 Å². The molecule has 1 atom stereocenters. The van der Waals surface area contributed by atoms with Crippen LogP contribution in [0.4, 0.5) is 0 Å². The maximum atomic E-state index is 12.6. The molecule has 4 rings (SSSR count). The number of rotatable bonds is 6. The number of nitrogens with zero attached hydrogens (tertiary/aromatic N) is 3. The first-order valence-corrected chi connectivity index (χ1v) is 10.7. The van der Waals surface area contributed by atoms with Crippen LogP contribution >= 0.6 is 11.8 Å². The number of aryl methyl sites for hydroxylation is 1. The minimum atomic E-state index is 0.0404. The number of thioether (sulfide) groups is 1. The molecular formula is C22H24N4OS. The third-order valence-corrected chi connectivity index (χ3v) is 6.07. The van der Waals surface area contributed by atoms with Crippen LogP contribution in [0.25, 0.3) is 11.4 Å². The molecule has 0 unspecified atom stereocenters. The standard InChI is InChI=1S/C22H24N4OS/c1-2-26-21(17-10-4-3-5-11-17)24-25-22(26)28-15-20(27)23-19-14-8-12-16-9-6-7-13-18(16)19/h3-7,9-11,13,19H,2,8,12,14-15H2,1H3,(H,23,27)/t19-/m1/s1. The highest BCUT2D eigenvalue weighted by Gasteiger charge is 2.22. The van der Waals surface area contributed by atoms with Gasteiger partial charge in [-0.2, -0.15) is 0 Å². The Morgan fingerprint density at radius 3 is 2.75 bits per heavy atom. The van der Waals surface area contributed by atoms with E-state index in [4.69, 9.17) is 0 Å². The van der Waals surface area contributed by atoms with Crippen molar-refractivity contribution in [3.8, 4) is 11.4 Å². The van der Waals surface area contributed by atoms with Crippen LogP contribution in [0.3, 0.4) is 0 Å². The first-order chi connectivity index (χ1) is 13.8. The topological polar surface area (TPSA) is 59.8 Å². The predicted octanol–water partition coefficient (Wildman–Crippen LogP) is 4.25. The second-order valence-corrected chi connectivity index (χ2v) is 7.86. The van der Waals surface area contributed by atoms with Crippen molar-refractivity contribution in [1.82, 2.24) is 20.1 Å². The van der Waals surface area contributed by atoms with Crippen LogP contribution in [-0.4, -0.2) is 26.4 Å². The lowest BCUT2D eigenvalue weighted by Crippen LogP contribution is -2.32. The quantitative estimate of drug-likeness (QED) is 0.637. The number of amides is 1. The van der Waals surface area contributed by atoms with Gasteiger partial charge in [0.15, 0.2) is 11.0 Å². The summed E-state index contributed by atoms with van der Waals surface area (Å²) in [5, 5.41) is 12.6. The van der Waals surface area contributed by atoms with E-state index in [9.17, 15) is 4.79 Å². The van der Waals surface area contributed by atoms with E-state index in [1.165, 1.54) is 22.9 Å². The Morgan fingerprint density at radius 2 is 1.93 bits per heavy atom. The van der Waals surface area contributed by atoms with E-state index >= 15 is 0 Å². The Balaban J connectivity index is 1.41. The summed E-state index contributed by atoms with van der Waals surface area (Å²) in [6.45, 7) is 2.83. The summed E-state index contributed by atoms with van der Waals surface area (Å²) in [4.78, 5) is 12.6. The second-order valence-electron chi connectivity index (χ2n) is 6.92. The number of hydrogen-bond acceptors (Lipinski definition) is 4. The molecule has 144 valence electrons. The van der Waals surface area contributed by atoms with Crippen LogP contribution in [0.1, 0.15) is 36.9 Å². The molecule has 2 aromatic carbocycles. The minimum absolute atomic E-state index is 0.0404. The highest BCUT2D eigenvalue weighted by molar-refractivity contribution is 7.99. The average Bonchev–Trinajstić information content (AvgIpc) is 3.16. The van der Waals surface area contributed by atoms with E-state index in [0.29, 0.717) is 5.75 Å². The van der Waals surface area contributed by atoms with Gasteiger partial charge in [-0.3, -0.25) is 4.79 Å². The van der Waals surface area contributed by atoms with Crippen molar-refractivity contribution in [2.75, 3.05) is 5.75 Å². The van der Waals surface area contributed by atoms with Crippen LogP contribution in [0.15, 0.2) is 59.8 Å². The van der Waals surface area contributed by atoms with Gasteiger partial charge in [-0.1, -0.05) is 66.4 Å². The fourth-order valence-electron chi connectivity index (χ4n) is 3.75. The maximum absolute atomic E-state index is 12.6. The monoisotopic (exact) mass is 392 g/mol. The van der Waals surface area contributed by atoms with Crippen LogP contribution in [0.2, 0.25) is 0 Å². The Morgan fingerprint density at radius 1 is 1.14 bits per heavy atom. The maximum Gasteiger partial charge on any atom is 0.230 e. The van der Waals surface area contributed by atoms with E-state index in [1.54, 1.807) is 0 Å². The predicted molar refractivity (Wildman–Crippen MR) is 112 cm³/mol. The lowest BCUT2D eigenvalue weighted by atomic mass is 9.88. The Bertz CT molecular complexity index is 954. The first kappa shape index (κ1) is 18.7. The molecule has 1 aliphatic rings.